The Labute approximate surface area is 161 Å². The lowest BCUT2D eigenvalue weighted by atomic mass is 9.80. The van der Waals surface area contributed by atoms with Crippen LogP contribution in [0.3, 0.4) is 0 Å². The molecule has 1 atom stereocenters. The maximum atomic E-state index is 6.01. The summed E-state index contributed by atoms with van der Waals surface area (Å²) in [5, 5.41) is 0. The van der Waals surface area contributed by atoms with E-state index < -0.39 is 0 Å². The van der Waals surface area contributed by atoms with Gasteiger partial charge in [0.05, 0.1) is 31.4 Å². The average Bonchev–Trinajstić information content (AvgIpc) is 3.05. The number of hydrogen-bond donors (Lipinski definition) is 0. The molecular weight excluding hydrogens is 340 g/mol. The predicted octanol–water partition coefficient (Wildman–Crippen LogP) is 2.53. The molecule has 0 aliphatic carbocycles. The summed E-state index contributed by atoms with van der Waals surface area (Å²) in [7, 11) is 5.71. The van der Waals surface area contributed by atoms with Gasteiger partial charge in [0.15, 0.2) is 0 Å². The number of fused-ring (bicyclic) bond motifs is 2. The summed E-state index contributed by atoms with van der Waals surface area (Å²) in [5.41, 5.74) is 4.64. The topological polar surface area (TPSA) is 50.7 Å². The van der Waals surface area contributed by atoms with E-state index in [0.29, 0.717) is 6.61 Å². The van der Waals surface area contributed by atoms with Crippen molar-refractivity contribution in [1.82, 2.24) is 14.9 Å². The molecule has 1 saturated heterocycles. The van der Waals surface area contributed by atoms with E-state index in [4.69, 9.17) is 14.5 Å². The second-order valence-corrected chi connectivity index (χ2v) is 7.92. The number of hydrogen-bond acceptors (Lipinski definition) is 6. The maximum absolute atomic E-state index is 6.01. The van der Waals surface area contributed by atoms with Crippen molar-refractivity contribution < 1.29 is 9.47 Å². The SMILES string of the molecule is COc1cccc(CN2CC[C@]3(COCc4c(C)nc(N(C)C)nc43)C2)c1. The quantitative estimate of drug-likeness (QED) is 0.827. The number of nitrogens with zero attached hydrogens (tertiary/aromatic N) is 4. The van der Waals surface area contributed by atoms with E-state index in [9.17, 15) is 0 Å². The van der Waals surface area contributed by atoms with Gasteiger partial charge in [-0.25, -0.2) is 9.97 Å². The molecule has 0 bridgehead atoms. The fourth-order valence-electron chi connectivity index (χ4n) is 4.24. The highest BCUT2D eigenvalue weighted by molar-refractivity contribution is 5.41. The van der Waals surface area contributed by atoms with Crippen LogP contribution >= 0.6 is 0 Å². The minimum absolute atomic E-state index is 0.0368. The van der Waals surface area contributed by atoms with Crippen molar-refractivity contribution in [3.63, 3.8) is 0 Å². The molecule has 2 aliphatic rings. The lowest BCUT2D eigenvalue weighted by Crippen LogP contribution is -2.41. The Hall–Kier alpha value is -2.18. The second-order valence-electron chi connectivity index (χ2n) is 7.92. The summed E-state index contributed by atoms with van der Waals surface area (Å²) in [6, 6.07) is 8.32. The minimum atomic E-state index is -0.0368. The molecule has 3 heterocycles. The largest absolute Gasteiger partial charge is 0.497 e. The van der Waals surface area contributed by atoms with Gasteiger partial charge in [0, 0.05) is 38.4 Å². The van der Waals surface area contributed by atoms with E-state index in [-0.39, 0.29) is 5.41 Å². The van der Waals surface area contributed by atoms with Crippen LogP contribution < -0.4 is 9.64 Å². The summed E-state index contributed by atoms with van der Waals surface area (Å²) in [5.74, 6) is 1.70. The molecule has 0 amide bonds. The van der Waals surface area contributed by atoms with Crippen LogP contribution in [0.5, 0.6) is 5.75 Å². The fraction of sp³-hybridized carbons (Fsp3) is 0.524. The van der Waals surface area contributed by atoms with Gasteiger partial charge in [0.25, 0.3) is 0 Å². The van der Waals surface area contributed by atoms with Gasteiger partial charge >= 0.3 is 0 Å². The predicted molar refractivity (Wildman–Crippen MR) is 105 cm³/mol. The van der Waals surface area contributed by atoms with Crippen LogP contribution in [0, 0.1) is 6.92 Å². The molecule has 144 valence electrons. The lowest BCUT2D eigenvalue weighted by Gasteiger charge is -2.35. The first kappa shape index (κ1) is 18.2. The van der Waals surface area contributed by atoms with Crippen molar-refractivity contribution in [1.29, 1.82) is 0 Å². The first-order valence-corrected chi connectivity index (χ1v) is 9.49. The van der Waals surface area contributed by atoms with Gasteiger partial charge in [-0.2, -0.15) is 0 Å². The molecule has 0 radical (unpaired) electrons. The second kappa shape index (κ2) is 7.09. The molecule has 1 aromatic carbocycles. The summed E-state index contributed by atoms with van der Waals surface area (Å²) in [6.07, 6.45) is 1.06. The van der Waals surface area contributed by atoms with Gasteiger partial charge < -0.3 is 14.4 Å². The maximum Gasteiger partial charge on any atom is 0.225 e. The van der Waals surface area contributed by atoms with E-state index in [0.717, 1.165) is 50.1 Å². The smallest absolute Gasteiger partial charge is 0.225 e. The number of likely N-dealkylation sites (tertiary alicyclic amines) is 1. The fourth-order valence-corrected chi connectivity index (χ4v) is 4.24. The highest BCUT2D eigenvalue weighted by Crippen LogP contribution is 2.40. The van der Waals surface area contributed by atoms with Crippen molar-refractivity contribution >= 4 is 5.95 Å². The molecular formula is C21H28N4O2. The molecule has 27 heavy (non-hydrogen) atoms. The van der Waals surface area contributed by atoms with Crippen LogP contribution in [0.2, 0.25) is 0 Å². The van der Waals surface area contributed by atoms with Crippen molar-refractivity contribution in [2.75, 3.05) is 45.8 Å². The van der Waals surface area contributed by atoms with E-state index in [1.54, 1.807) is 7.11 Å². The minimum Gasteiger partial charge on any atom is -0.497 e. The van der Waals surface area contributed by atoms with Crippen molar-refractivity contribution in [2.45, 2.75) is 31.9 Å². The highest BCUT2D eigenvalue weighted by atomic mass is 16.5. The van der Waals surface area contributed by atoms with Crippen molar-refractivity contribution in [2.24, 2.45) is 0 Å². The lowest BCUT2D eigenvalue weighted by molar-refractivity contribution is 0.0498. The van der Waals surface area contributed by atoms with Gasteiger partial charge in [-0.05, 0) is 37.6 Å². The Morgan fingerprint density at radius 3 is 2.93 bits per heavy atom. The Bertz CT molecular complexity index is 839. The average molecular weight is 368 g/mol. The monoisotopic (exact) mass is 368 g/mol. The van der Waals surface area contributed by atoms with Crippen LogP contribution in [-0.2, 0) is 23.3 Å². The molecule has 0 saturated carbocycles. The van der Waals surface area contributed by atoms with Crippen LogP contribution in [0.25, 0.3) is 0 Å². The van der Waals surface area contributed by atoms with Crippen LogP contribution in [0.4, 0.5) is 5.95 Å². The van der Waals surface area contributed by atoms with Gasteiger partial charge in [0.1, 0.15) is 5.75 Å². The van der Waals surface area contributed by atoms with Crippen LogP contribution in [0.15, 0.2) is 24.3 Å². The van der Waals surface area contributed by atoms with Gasteiger partial charge in [-0.3, -0.25) is 4.90 Å². The number of anilines is 1. The zero-order chi connectivity index (χ0) is 19.0. The number of benzene rings is 1. The molecule has 0 unspecified atom stereocenters. The third-order valence-corrected chi connectivity index (χ3v) is 5.70. The molecule has 0 N–H and O–H groups in total. The number of ether oxygens (including phenoxy) is 2. The molecule has 6 heteroatoms. The third kappa shape index (κ3) is 3.39. The third-order valence-electron chi connectivity index (χ3n) is 5.70. The standard InChI is InChI=1S/C21H28N4O2/c1-15-18-12-27-14-21(19(18)23-20(22-15)24(2)3)8-9-25(13-21)11-16-6-5-7-17(10-16)26-4/h5-7,10H,8-9,11-14H2,1-4H3/t21-/m1/s1. The van der Waals surface area contributed by atoms with Gasteiger partial charge in [0.2, 0.25) is 5.95 Å². The summed E-state index contributed by atoms with van der Waals surface area (Å²) < 4.78 is 11.4. The molecule has 1 fully saturated rings. The normalized spacial score (nSPS) is 22.1. The number of aryl methyl sites for hydroxylation is 1. The molecule has 1 spiro atoms. The van der Waals surface area contributed by atoms with Gasteiger partial charge in [-0.1, -0.05) is 12.1 Å². The van der Waals surface area contributed by atoms with Crippen LogP contribution in [0.1, 0.15) is 28.9 Å². The zero-order valence-electron chi connectivity index (χ0n) is 16.7. The Morgan fingerprint density at radius 2 is 2.15 bits per heavy atom. The number of rotatable bonds is 4. The number of methoxy groups -OCH3 is 1. The Balaban J connectivity index is 1.60. The molecule has 6 nitrogen and oxygen atoms in total. The van der Waals surface area contributed by atoms with Gasteiger partial charge in [-0.15, -0.1) is 0 Å². The molecule has 4 rings (SSSR count). The summed E-state index contributed by atoms with van der Waals surface area (Å²) in [4.78, 5) is 14.1. The molecule has 2 aliphatic heterocycles. The van der Waals surface area contributed by atoms with Crippen molar-refractivity contribution in [3.05, 3.63) is 46.8 Å². The van der Waals surface area contributed by atoms with Crippen LogP contribution in [-0.4, -0.2) is 55.8 Å². The van der Waals surface area contributed by atoms with Crippen molar-refractivity contribution in [3.8, 4) is 5.75 Å². The number of aromatic nitrogens is 2. The molecule has 2 aromatic rings. The van der Waals surface area contributed by atoms with E-state index in [1.807, 2.05) is 25.1 Å². The molecule has 1 aromatic heterocycles. The highest BCUT2D eigenvalue weighted by Gasteiger charge is 2.45. The Morgan fingerprint density at radius 1 is 1.30 bits per heavy atom. The summed E-state index contributed by atoms with van der Waals surface area (Å²) >= 11 is 0. The first-order chi connectivity index (χ1) is 13.0. The first-order valence-electron chi connectivity index (χ1n) is 9.49. The van der Waals surface area contributed by atoms with E-state index in [1.165, 1.54) is 16.8 Å². The Kier molecular flexibility index (Phi) is 4.78. The van der Waals surface area contributed by atoms with E-state index >= 15 is 0 Å². The van der Waals surface area contributed by atoms with E-state index in [2.05, 4.69) is 35.0 Å². The zero-order valence-corrected chi connectivity index (χ0v) is 16.7. The summed E-state index contributed by atoms with van der Waals surface area (Å²) in [6.45, 7) is 6.34.